The molecule has 0 atom stereocenters. The molecule has 5 aromatic rings. The van der Waals surface area contributed by atoms with Gasteiger partial charge in [-0.2, -0.15) is 5.10 Å². The van der Waals surface area contributed by atoms with Crippen LogP contribution in [0.2, 0.25) is 0 Å². The maximum absolute atomic E-state index is 4.55. The van der Waals surface area contributed by atoms with Crippen LogP contribution in [0, 0.1) is 0 Å². The zero-order chi connectivity index (χ0) is 19.9. The molecule has 6 heterocycles. The van der Waals surface area contributed by atoms with Crippen LogP contribution in [0.25, 0.3) is 44.5 Å². The Bertz CT molecular complexity index is 1330. The summed E-state index contributed by atoms with van der Waals surface area (Å²) in [6.07, 6.45) is 14.5. The fraction of sp³-hybridized carbons (Fsp3) is 0.227. The van der Waals surface area contributed by atoms with Crippen LogP contribution in [-0.4, -0.2) is 48.2 Å². The van der Waals surface area contributed by atoms with Crippen LogP contribution >= 0.6 is 0 Å². The third-order valence-electron chi connectivity index (χ3n) is 5.79. The molecule has 0 aromatic carbocycles. The van der Waals surface area contributed by atoms with Crippen molar-refractivity contribution in [3.8, 4) is 22.5 Å². The summed E-state index contributed by atoms with van der Waals surface area (Å²) < 4.78 is 0. The van der Waals surface area contributed by atoms with Crippen LogP contribution in [0.5, 0.6) is 0 Å². The van der Waals surface area contributed by atoms with Crippen LogP contribution in [0.1, 0.15) is 19.3 Å². The van der Waals surface area contributed by atoms with Gasteiger partial charge in [0.1, 0.15) is 12.0 Å². The van der Waals surface area contributed by atoms with Crippen molar-refractivity contribution in [2.75, 3.05) is 18.0 Å². The van der Waals surface area contributed by atoms with E-state index in [1.807, 2.05) is 18.6 Å². The van der Waals surface area contributed by atoms with Crippen molar-refractivity contribution in [3.05, 3.63) is 49.4 Å². The molecule has 0 unspecified atom stereocenters. The van der Waals surface area contributed by atoms with E-state index in [9.17, 15) is 0 Å². The minimum Gasteiger partial charge on any atom is -0.370 e. The molecule has 0 spiro atoms. The minimum atomic E-state index is 0.749. The highest BCUT2D eigenvalue weighted by molar-refractivity contribution is 5.99. The van der Waals surface area contributed by atoms with Gasteiger partial charge in [0.2, 0.25) is 0 Å². The molecule has 30 heavy (non-hydrogen) atoms. The Labute approximate surface area is 172 Å². The number of hydrogen-bond donors (Lipinski definition) is 2. The van der Waals surface area contributed by atoms with Crippen molar-refractivity contribution in [2.45, 2.75) is 19.3 Å². The number of hydrogen-bond acceptors (Lipinski definition) is 6. The van der Waals surface area contributed by atoms with Gasteiger partial charge in [0.05, 0.1) is 29.3 Å². The summed E-state index contributed by atoms with van der Waals surface area (Å²) in [5, 5.41) is 9.74. The van der Waals surface area contributed by atoms with Crippen molar-refractivity contribution in [3.63, 3.8) is 0 Å². The molecule has 2 N–H and O–H groups in total. The normalized spacial score (nSPS) is 14.6. The van der Waals surface area contributed by atoms with E-state index in [-0.39, 0.29) is 0 Å². The number of nitrogens with zero attached hydrogens (tertiary/aromatic N) is 6. The predicted octanol–water partition coefficient (Wildman–Crippen LogP) is 3.95. The van der Waals surface area contributed by atoms with E-state index >= 15 is 0 Å². The SMILES string of the molecule is c1ncc(-c2cnc3[nH]nc(-c4cc5c(N6CCCCC6)cncc5[nH]4)c3c2)cn1. The molecule has 6 rings (SSSR count). The smallest absolute Gasteiger partial charge is 0.155 e. The molecule has 148 valence electrons. The largest absolute Gasteiger partial charge is 0.370 e. The summed E-state index contributed by atoms with van der Waals surface area (Å²) in [6.45, 7) is 2.16. The first kappa shape index (κ1) is 17.1. The highest BCUT2D eigenvalue weighted by Crippen LogP contribution is 2.34. The fourth-order valence-corrected chi connectivity index (χ4v) is 4.27. The summed E-state index contributed by atoms with van der Waals surface area (Å²) in [5.74, 6) is 0. The van der Waals surface area contributed by atoms with Gasteiger partial charge in [-0.3, -0.25) is 10.1 Å². The van der Waals surface area contributed by atoms with Crippen LogP contribution in [0.4, 0.5) is 5.69 Å². The quantitative estimate of drug-likeness (QED) is 0.479. The summed E-state index contributed by atoms with van der Waals surface area (Å²) >= 11 is 0. The maximum Gasteiger partial charge on any atom is 0.155 e. The van der Waals surface area contributed by atoms with Crippen molar-refractivity contribution in [2.24, 2.45) is 0 Å². The summed E-state index contributed by atoms with van der Waals surface area (Å²) in [4.78, 5) is 23.2. The molecule has 0 radical (unpaired) electrons. The van der Waals surface area contributed by atoms with Crippen molar-refractivity contribution in [1.29, 1.82) is 0 Å². The molecule has 1 aliphatic rings. The Kier molecular flexibility index (Phi) is 3.93. The standard InChI is InChI=1S/C22H20N8/c1-2-4-30(5-3-1)20-12-23-11-19-16(20)7-18(27-19)21-17-6-14(10-26-22(17)29-28-21)15-8-24-13-25-9-15/h6-13,27H,1-5H2,(H,26,28,29). The molecule has 1 aliphatic heterocycles. The molecule has 1 fully saturated rings. The second-order valence-corrected chi connectivity index (χ2v) is 7.67. The first-order valence-corrected chi connectivity index (χ1v) is 10.2. The average Bonchev–Trinajstić information content (AvgIpc) is 3.43. The van der Waals surface area contributed by atoms with E-state index in [0.717, 1.165) is 52.2 Å². The van der Waals surface area contributed by atoms with E-state index in [0.29, 0.717) is 0 Å². The Hall–Kier alpha value is -3.81. The van der Waals surface area contributed by atoms with E-state index < -0.39 is 0 Å². The van der Waals surface area contributed by atoms with E-state index in [1.165, 1.54) is 36.7 Å². The van der Waals surface area contributed by atoms with Crippen LogP contribution in [0.3, 0.4) is 0 Å². The number of pyridine rings is 2. The molecular formula is C22H20N8. The van der Waals surface area contributed by atoms with Crippen LogP contribution < -0.4 is 4.90 Å². The van der Waals surface area contributed by atoms with E-state index in [2.05, 4.69) is 52.1 Å². The molecule has 8 nitrogen and oxygen atoms in total. The second kappa shape index (κ2) is 6.91. The van der Waals surface area contributed by atoms with E-state index in [1.54, 1.807) is 12.4 Å². The lowest BCUT2D eigenvalue weighted by Crippen LogP contribution is -2.29. The van der Waals surface area contributed by atoms with Gasteiger partial charge in [-0.25, -0.2) is 15.0 Å². The number of H-pyrrole nitrogens is 2. The molecule has 1 saturated heterocycles. The van der Waals surface area contributed by atoms with Gasteiger partial charge in [-0.1, -0.05) is 0 Å². The molecule has 0 aliphatic carbocycles. The van der Waals surface area contributed by atoms with Gasteiger partial charge in [-0.15, -0.1) is 0 Å². The number of piperidine rings is 1. The summed E-state index contributed by atoms with van der Waals surface area (Å²) in [5.41, 5.74) is 6.63. The molecule has 8 heteroatoms. The zero-order valence-electron chi connectivity index (χ0n) is 16.3. The van der Waals surface area contributed by atoms with Crippen molar-refractivity contribution < 1.29 is 0 Å². The number of aromatic amines is 2. The van der Waals surface area contributed by atoms with Crippen LogP contribution in [-0.2, 0) is 0 Å². The Morgan fingerprint density at radius 3 is 2.53 bits per heavy atom. The third kappa shape index (κ3) is 2.80. The highest BCUT2D eigenvalue weighted by Gasteiger charge is 2.18. The number of nitrogens with one attached hydrogen (secondary N) is 2. The molecule has 0 bridgehead atoms. The molecule has 0 amide bonds. The second-order valence-electron chi connectivity index (χ2n) is 7.67. The average molecular weight is 396 g/mol. The van der Waals surface area contributed by atoms with Gasteiger partial charge in [0, 0.05) is 53.6 Å². The lowest BCUT2D eigenvalue weighted by Gasteiger charge is -2.28. The van der Waals surface area contributed by atoms with Crippen molar-refractivity contribution in [1.82, 2.24) is 35.1 Å². The van der Waals surface area contributed by atoms with E-state index in [4.69, 9.17) is 0 Å². The highest BCUT2D eigenvalue weighted by atomic mass is 15.2. The zero-order valence-corrected chi connectivity index (χ0v) is 16.3. The Morgan fingerprint density at radius 2 is 1.67 bits per heavy atom. The van der Waals surface area contributed by atoms with Gasteiger partial charge in [0.25, 0.3) is 0 Å². The Morgan fingerprint density at radius 1 is 0.800 bits per heavy atom. The van der Waals surface area contributed by atoms with Crippen LogP contribution in [0.15, 0.2) is 49.4 Å². The first-order chi connectivity index (χ1) is 14.9. The minimum absolute atomic E-state index is 0.749. The number of anilines is 1. The molecule has 5 aromatic heterocycles. The predicted molar refractivity (Wildman–Crippen MR) is 116 cm³/mol. The summed E-state index contributed by atoms with van der Waals surface area (Å²) in [6, 6.07) is 4.25. The number of aromatic nitrogens is 7. The first-order valence-electron chi connectivity index (χ1n) is 10.2. The lowest BCUT2D eigenvalue weighted by molar-refractivity contribution is 0.578. The Balaban J connectivity index is 1.47. The fourth-order valence-electron chi connectivity index (χ4n) is 4.27. The topological polar surface area (TPSA) is 99.3 Å². The van der Waals surface area contributed by atoms with Gasteiger partial charge < -0.3 is 9.88 Å². The number of fused-ring (bicyclic) bond motifs is 2. The van der Waals surface area contributed by atoms with Crippen molar-refractivity contribution >= 4 is 27.6 Å². The molecule has 0 saturated carbocycles. The molecular weight excluding hydrogens is 376 g/mol. The van der Waals surface area contributed by atoms with Gasteiger partial charge in [-0.05, 0) is 31.4 Å². The van der Waals surface area contributed by atoms with Gasteiger partial charge >= 0.3 is 0 Å². The van der Waals surface area contributed by atoms with Gasteiger partial charge in [0.15, 0.2) is 5.65 Å². The monoisotopic (exact) mass is 396 g/mol. The summed E-state index contributed by atoms with van der Waals surface area (Å²) in [7, 11) is 0. The third-order valence-corrected chi connectivity index (χ3v) is 5.79. The number of rotatable bonds is 3. The maximum atomic E-state index is 4.55. The lowest BCUT2D eigenvalue weighted by atomic mass is 10.1.